The number of carbonyl (C=O) groups is 1. The largest absolute Gasteiger partial charge is 0.314 e. The van der Waals surface area contributed by atoms with Gasteiger partial charge in [-0.05, 0) is 99.0 Å². The molecule has 2 aliphatic rings. The van der Waals surface area contributed by atoms with Crippen LogP contribution < -0.4 is 5.32 Å². The lowest BCUT2D eigenvalue weighted by Gasteiger charge is -2.36. The summed E-state index contributed by atoms with van der Waals surface area (Å²) >= 11 is 1.50. The molecule has 1 fully saturated rings. The van der Waals surface area contributed by atoms with Crippen molar-refractivity contribution in [3.8, 4) is 10.4 Å². The van der Waals surface area contributed by atoms with E-state index in [1.807, 2.05) is 19.2 Å². The third-order valence-corrected chi connectivity index (χ3v) is 12.1. The Morgan fingerprint density at radius 2 is 1.60 bits per heavy atom. The molecule has 4 aromatic rings. The number of nitrogens with zero attached hydrogens (tertiary/aromatic N) is 4. The second-order valence-electron chi connectivity index (χ2n) is 12.4. The number of para-hydroxylation sites is 1. The van der Waals surface area contributed by atoms with Crippen LogP contribution in [0.1, 0.15) is 40.7 Å². The normalized spacial score (nSPS) is 16.5. The number of piperidine rings is 1. The molecule has 2 aliphatic heterocycles. The van der Waals surface area contributed by atoms with Crippen molar-refractivity contribution in [1.29, 1.82) is 0 Å². The molecule has 3 heterocycles. The zero-order valence-electron chi connectivity index (χ0n) is 27.0. The monoisotopic (exact) mass is 685 g/mol. The average Bonchev–Trinajstić information content (AvgIpc) is 3.56. The SMILES string of the molecule is CN1CC=C(c2ccc(-c3ccc(NC(=O)c4ccc(CN(C5CCN(C)CC5)S(=O)(=O)c5ccccc5[N+](=O)[O-])cc4)s3)cc2)CC1. The Balaban J connectivity index is 1.14. The van der Waals surface area contributed by atoms with E-state index in [4.69, 9.17) is 0 Å². The standard InChI is InChI=1S/C36H39N5O5S2/c1-38-21-17-28(18-22-38)27-11-13-29(14-12-27)33-15-16-35(47-33)37-36(42)30-9-7-26(8-10-30)25-40(31-19-23-39(2)24-20-31)48(45,46)34-6-4-3-5-32(34)41(43)44/h3-17,31H,18-25H2,1-2H3,(H,37,42). The highest BCUT2D eigenvalue weighted by Crippen LogP contribution is 2.34. The van der Waals surface area contributed by atoms with Gasteiger partial charge in [0.05, 0.1) is 9.92 Å². The highest BCUT2D eigenvalue weighted by atomic mass is 32.2. The summed E-state index contributed by atoms with van der Waals surface area (Å²) in [4.78, 5) is 29.4. The first-order valence-corrected chi connectivity index (χ1v) is 18.3. The van der Waals surface area contributed by atoms with E-state index in [1.54, 1.807) is 24.3 Å². The molecule has 12 heteroatoms. The molecule has 6 rings (SSSR count). The molecule has 1 saturated heterocycles. The van der Waals surface area contributed by atoms with Crippen LogP contribution in [-0.4, -0.2) is 79.7 Å². The molecule has 0 aliphatic carbocycles. The van der Waals surface area contributed by atoms with Crippen LogP contribution in [0, 0.1) is 10.1 Å². The van der Waals surface area contributed by atoms with E-state index in [2.05, 4.69) is 52.5 Å². The van der Waals surface area contributed by atoms with Gasteiger partial charge in [0.25, 0.3) is 11.6 Å². The zero-order chi connectivity index (χ0) is 33.8. The fraction of sp³-hybridized carbons (Fsp3) is 0.306. The minimum atomic E-state index is -4.20. The number of hydrogen-bond donors (Lipinski definition) is 1. The van der Waals surface area contributed by atoms with Crippen LogP contribution in [0.25, 0.3) is 16.0 Å². The summed E-state index contributed by atoms with van der Waals surface area (Å²) in [5, 5.41) is 15.4. The number of nitro groups is 1. The third-order valence-electron chi connectivity index (χ3n) is 9.09. The molecule has 0 saturated carbocycles. The Morgan fingerprint density at radius 1 is 0.917 bits per heavy atom. The first-order valence-electron chi connectivity index (χ1n) is 16.0. The first-order chi connectivity index (χ1) is 23.1. The number of sulfonamides is 1. The van der Waals surface area contributed by atoms with Crippen LogP contribution in [0.3, 0.4) is 0 Å². The van der Waals surface area contributed by atoms with Gasteiger partial charge < -0.3 is 15.1 Å². The van der Waals surface area contributed by atoms with Gasteiger partial charge in [0.1, 0.15) is 0 Å². The van der Waals surface area contributed by atoms with Gasteiger partial charge in [0, 0.05) is 42.2 Å². The second-order valence-corrected chi connectivity index (χ2v) is 15.4. The molecule has 0 atom stereocenters. The molecule has 0 unspecified atom stereocenters. The first kappa shape index (κ1) is 33.7. The number of likely N-dealkylation sites (tertiary alicyclic amines) is 1. The third kappa shape index (κ3) is 7.58. The number of carbonyl (C=O) groups excluding carboxylic acids is 1. The lowest BCUT2D eigenvalue weighted by atomic mass is 9.98. The summed E-state index contributed by atoms with van der Waals surface area (Å²) in [7, 11) is -0.0802. The minimum absolute atomic E-state index is 0.0338. The summed E-state index contributed by atoms with van der Waals surface area (Å²) in [5.41, 5.74) is 4.39. The highest BCUT2D eigenvalue weighted by molar-refractivity contribution is 7.89. The Hall–Kier alpha value is -4.20. The van der Waals surface area contributed by atoms with Crippen molar-refractivity contribution in [2.45, 2.75) is 36.7 Å². The van der Waals surface area contributed by atoms with Crippen molar-refractivity contribution >= 4 is 43.5 Å². The maximum atomic E-state index is 14.0. The molecule has 0 spiro atoms. The van der Waals surface area contributed by atoms with Gasteiger partial charge in [-0.1, -0.05) is 54.6 Å². The molecular formula is C36H39N5O5S2. The van der Waals surface area contributed by atoms with Crippen LogP contribution in [0.2, 0.25) is 0 Å². The molecule has 1 N–H and O–H groups in total. The van der Waals surface area contributed by atoms with Crippen molar-refractivity contribution in [1.82, 2.24) is 14.1 Å². The fourth-order valence-electron chi connectivity index (χ4n) is 6.21. The number of nitro benzene ring substituents is 1. The molecule has 0 radical (unpaired) electrons. The van der Waals surface area contributed by atoms with Crippen LogP contribution in [0.5, 0.6) is 0 Å². The maximum absolute atomic E-state index is 14.0. The summed E-state index contributed by atoms with van der Waals surface area (Å²) in [5.74, 6) is -0.265. The lowest BCUT2D eigenvalue weighted by Crippen LogP contribution is -2.46. The minimum Gasteiger partial charge on any atom is -0.314 e. The van der Waals surface area contributed by atoms with E-state index in [9.17, 15) is 23.3 Å². The van der Waals surface area contributed by atoms with Crippen molar-refractivity contribution in [3.63, 3.8) is 0 Å². The maximum Gasteiger partial charge on any atom is 0.289 e. The number of benzene rings is 3. The van der Waals surface area contributed by atoms with E-state index in [0.717, 1.165) is 48.0 Å². The number of anilines is 1. The topological polar surface area (TPSA) is 116 Å². The summed E-state index contributed by atoms with van der Waals surface area (Å²) in [6.45, 7) is 3.50. The van der Waals surface area contributed by atoms with Crippen molar-refractivity contribution in [2.75, 3.05) is 45.6 Å². The number of rotatable bonds is 10. The van der Waals surface area contributed by atoms with Crippen molar-refractivity contribution in [2.24, 2.45) is 0 Å². The Morgan fingerprint density at radius 3 is 2.27 bits per heavy atom. The van der Waals surface area contributed by atoms with Gasteiger partial charge in [0.15, 0.2) is 4.90 Å². The lowest BCUT2D eigenvalue weighted by molar-refractivity contribution is -0.387. The highest BCUT2D eigenvalue weighted by Gasteiger charge is 2.37. The van der Waals surface area contributed by atoms with E-state index in [-0.39, 0.29) is 23.4 Å². The molecule has 0 bridgehead atoms. The predicted octanol–water partition coefficient (Wildman–Crippen LogP) is 6.58. The predicted molar refractivity (Wildman–Crippen MR) is 191 cm³/mol. The molecule has 48 heavy (non-hydrogen) atoms. The Labute approximate surface area is 285 Å². The van der Waals surface area contributed by atoms with Gasteiger partial charge >= 0.3 is 0 Å². The number of thiophene rings is 1. The molecule has 250 valence electrons. The van der Waals surface area contributed by atoms with E-state index < -0.39 is 20.6 Å². The number of amides is 1. The van der Waals surface area contributed by atoms with Gasteiger partial charge in [-0.3, -0.25) is 14.9 Å². The number of likely N-dealkylation sites (N-methyl/N-ethyl adjacent to an activating group) is 1. The second kappa shape index (κ2) is 14.5. The van der Waals surface area contributed by atoms with E-state index in [0.29, 0.717) is 24.0 Å². The molecule has 1 aromatic heterocycles. The summed E-state index contributed by atoms with van der Waals surface area (Å²) in [6.07, 6.45) is 4.55. The summed E-state index contributed by atoms with van der Waals surface area (Å²) < 4.78 is 29.3. The van der Waals surface area contributed by atoms with Crippen LogP contribution in [0.4, 0.5) is 10.7 Å². The van der Waals surface area contributed by atoms with Crippen LogP contribution in [-0.2, 0) is 16.6 Å². The van der Waals surface area contributed by atoms with Gasteiger partial charge in [-0.15, -0.1) is 11.3 Å². The number of hydrogen-bond acceptors (Lipinski definition) is 8. The Kier molecular flexibility index (Phi) is 10.2. The molecule has 10 nitrogen and oxygen atoms in total. The van der Waals surface area contributed by atoms with Crippen LogP contribution in [0.15, 0.2) is 95.9 Å². The van der Waals surface area contributed by atoms with Crippen molar-refractivity contribution < 1.29 is 18.1 Å². The van der Waals surface area contributed by atoms with Gasteiger partial charge in [0.2, 0.25) is 10.0 Å². The zero-order valence-corrected chi connectivity index (χ0v) is 28.7. The quantitative estimate of drug-likeness (QED) is 0.148. The van der Waals surface area contributed by atoms with Gasteiger partial charge in [-0.25, -0.2) is 8.42 Å². The number of nitrogens with one attached hydrogen (secondary N) is 1. The molecule has 1 amide bonds. The molecule has 3 aromatic carbocycles. The average molecular weight is 686 g/mol. The Bertz CT molecular complexity index is 1910. The molecular weight excluding hydrogens is 647 g/mol. The van der Waals surface area contributed by atoms with Crippen molar-refractivity contribution in [3.05, 3.63) is 118 Å². The van der Waals surface area contributed by atoms with E-state index >= 15 is 0 Å². The van der Waals surface area contributed by atoms with Crippen LogP contribution >= 0.6 is 11.3 Å². The smallest absolute Gasteiger partial charge is 0.289 e. The fourth-order valence-corrected chi connectivity index (χ4v) is 8.95. The summed E-state index contributed by atoms with van der Waals surface area (Å²) in [6, 6.07) is 24.5. The van der Waals surface area contributed by atoms with Gasteiger partial charge in [-0.2, -0.15) is 4.31 Å². The van der Waals surface area contributed by atoms with E-state index in [1.165, 1.54) is 51.0 Å².